The Labute approximate surface area is 138 Å². The van der Waals surface area contributed by atoms with E-state index < -0.39 is 24.0 Å². The topological polar surface area (TPSA) is 128 Å². The van der Waals surface area contributed by atoms with Gasteiger partial charge in [0, 0.05) is 12.1 Å². The molecule has 0 bridgehead atoms. The summed E-state index contributed by atoms with van der Waals surface area (Å²) in [4.78, 5) is 46.3. The number of imide groups is 1. The fraction of sp³-hybridized carbons (Fsp3) is 0.375. The largest absolute Gasteiger partial charge is 0.448 e. The Morgan fingerprint density at radius 2 is 1.96 bits per heavy atom. The molecule has 1 aliphatic heterocycles. The number of urea groups is 1. The van der Waals surface area contributed by atoms with Crippen molar-refractivity contribution in [1.82, 2.24) is 5.32 Å². The third kappa shape index (κ3) is 4.09. The van der Waals surface area contributed by atoms with Crippen molar-refractivity contribution in [2.24, 2.45) is 11.7 Å². The standard InChI is InChI=1S/C16H19N3O5/c1-8(2)13(14(21)19-16(17)23)24-15(22)10-3-5-11-9(7-10)4-6-12(20)18-11/h3,5,7-8,13H,4,6H2,1-2H3,(H,18,20)(H3,17,19,21,23). The van der Waals surface area contributed by atoms with Gasteiger partial charge in [-0.1, -0.05) is 13.8 Å². The molecule has 1 aromatic rings. The van der Waals surface area contributed by atoms with Gasteiger partial charge in [0.1, 0.15) is 0 Å². The Hall–Kier alpha value is -2.90. The predicted molar refractivity (Wildman–Crippen MR) is 85.2 cm³/mol. The minimum atomic E-state index is -1.14. The molecule has 0 saturated heterocycles. The molecule has 24 heavy (non-hydrogen) atoms. The van der Waals surface area contributed by atoms with Gasteiger partial charge in [0.15, 0.2) is 6.10 Å². The molecule has 1 unspecified atom stereocenters. The van der Waals surface area contributed by atoms with Crippen molar-refractivity contribution in [3.05, 3.63) is 29.3 Å². The van der Waals surface area contributed by atoms with Crippen molar-refractivity contribution < 1.29 is 23.9 Å². The molecule has 0 radical (unpaired) electrons. The number of ether oxygens (including phenoxy) is 1. The van der Waals surface area contributed by atoms with E-state index in [0.717, 1.165) is 5.56 Å². The van der Waals surface area contributed by atoms with Gasteiger partial charge in [-0.3, -0.25) is 14.9 Å². The highest BCUT2D eigenvalue weighted by atomic mass is 16.5. The first kappa shape index (κ1) is 17.5. The number of anilines is 1. The van der Waals surface area contributed by atoms with Crippen LogP contribution in [-0.2, 0) is 20.7 Å². The summed E-state index contributed by atoms with van der Waals surface area (Å²) in [5, 5.41) is 4.63. The summed E-state index contributed by atoms with van der Waals surface area (Å²) in [5.41, 5.74) is 6.67. The van der Waals surface area contributed by atoms with Gasteiger partial charge < -0.3 is 15.8 Å². The van der Waals surface area contributed by atoms with E-state index in [1.54, 1.807) is 26.0 Å². The molecule has 0 fully saturated rings. The lowest BCUT2D eigenvalue weighted by Gasteiger charge is -2.21. The molecule has 1 heterocycles. The first-order chi connectivity index (χ1) is 11.3. The lowest BCUT2D eigenvalue weighted by atomic mass is 10.0. The van der Waals surface area contributed by atoms with Crippen molar-refractivity contribution in [3.63, 3.8) is 0 Å². The molecular formula is C16H19N3O5. The van der Waals surface area contributed by atoms with Crippen LogP contribution in [0.15, 0.2) is 18.2 Å². The molecule has 0 saturated carbocycles. The molecule has 0 spiro atoms. The Balaban J connectivity index is 2.14. The van der Waals surface area contributed by atoms with Gasteiger partial charge in [-0.15, -0.1) is 0 Å². The Kier molecular flexibility index (Phi) is 5.18. The number of carbonyl (C=O) groups excluding carboxylic acids is 4. The number of primary amides is 1. The van der Waals surface area contributed by atoms with Crippen molar-refractivity contribution >= 4 is 29.5 Å². The number of hydrogen-bond acceptors (Lipinski definition) is 5. The second-order valence-electron chi connectivity index (χ2n) is 5.84. The predicted octanol–water partition coefficient (Wildman–Crippen LogP) is 0.948. The second-order valence-corrected chi connectivity index (χ2v) is 5.84. The van der Waals surface area contributed by atoms with Crippen LogP contribution in [0, 0.1) is 5.92 Å². The summed E-state index contributed by atoms with van der Waals surface area (Å²) in [6.07, 6.45) is -0.264. The van der Waals surface area contributed by atoms with Gasteiger partial charge in [-0.05, 0) is 36.1 Å². The van der Waals surface area contributed by atoms with Crippen LogP contribution < -0.4 is 16.4 Å². The highest BCUT2D eigenvalue weighted by molar-refractivity contribution is 5.99. The van der Waals surface area contributed by atoms with Crippen molar-refractivity contribution in [1.29, 1.82) is 0 Å². The number of amides is 4. The molecule has 128 valence electrons. The summed E-state index contributed by atoms with van der Waals surface area (Å²) in [6, 6.07) is 3.75. The number of nitrogens with two attached hydrogens (primary N) is 1. The van der Waals surface area contributed by atoms with Crippen molar-refractivity contribution in [3.8, 4) is 0 Å². The maximum atomic E-state index is 12.3. The maximum absolute atomic E-state index is 12.3. The minimum Gasteiger partial charge on any atom is -0.448 e. The zero-order valence-electron chi connectivity index (χ0n) is 13.4. The average molecular weight is 333 g/mol. The zero-order chi connectivity index (χ0) is 17.9. The highest BCUT2D eigenvalue weighted by Gasteiger charge is 2.28. The van der Waals surface area contributed by atoms with E-state index in [9.17, 15) is 19.2 Å². The Morgan fingerprint density at radius 1 is 1.25 bits per heavy atom. The van der Waals surface area contributed by atoms with Crippen molar-refractivity contribution in [2.45, 2.75) is 32.8 Å². The summed E-state index contributed by atoms with van der Waals surface area (Å²) in [6.45, 7) is 3.36. The smallest absolute Gasteiger partial charge is 0.338 e. The van der Waals surface area contributed by atoms with Gasteiger partial charge >= 0.3 is 12.0 Å². The first-order valence-corrected chi connectivity index (χ1v) is 7.52. The molecule has 0 aromatic heterocycles. The van der Waals surface area contributed by atoms with E-state index in [0.29, 0.717) is 18.5 Å². The van der Waals surface area contributed by atoms with Gasteiger partial charge in [-0.25, -0.2) is 9.59 Å². The number of hydrogen-bond donors (Lipinski definition) is 3. The maximum Gasteiger partial charge on any atom is 0.338 e. The first-order valence-electron chi connectivity index (χ1n) is 7.52. The minimum absolute atomic E-state index is 0.0687. The number of nitrogens with one attached hydrogen (secondary N) is 2. The SMILES string of the molecule is CC(C)C(OC(=O)c1ccc2c(c1)CCC(=O)N2)C(=O)NC(N)=O. The summed E-state index contributed by atoms with van der Waals surface area (Å²) >= 11 is 0. The molecule has 0 aliphatic carbocycles. The van der Waals surface area contributed by atoms with Crippen LogP contribution in [0.4, 0.5) is 10.5 Å². The van der Waals surface area contributed by atoms with Crippen LogP contribution in [0.25, 0.3) is 0 Å². The number of rotatable bonds is 4. The molecule has 8 heteroatoms. The molecule has 4 N–H and O–H groups in total. The zero-order valence-corrected chi connectivity index (χ0v) is 13.4. The van der Waals surface area contributed by atoms with Gasteiger partial charge in [0.2, 0.25) is 5.91 Å². The number of benzene rings is 1. The summed E-state index contributed by atoms with van der Waals surface area (Å²) in [5.74, 6) is -1.87. The quantitative estimate of drug-likeness (QED) is 0.707. The number of carbonyl (C=O) groups is 4. The van der Waals surface area contributed by atoms with Crippen LogP contribution in [0.5, 0.6) is 0 Å². The van der Waals surface area contributed by atoms with Gasteiger partial charge in [0.25, 0.3) is 5.91 Å². The third-order valence-corrected chi connectivity index (χ3v) is 3.58. The Bertz CT molecular complexity index is 699. The number of aryl methyl sites for hydroxylation is 1. The van der Waals surface area contributed by atoms with Crippen LogP contribution in [0.3, 0.4) is 0 Å². The van der Waals surface area contributed by atoms with E-state index in [-0.39, 0.29) is 17.4 Å². The van der Waals surface area contributed by atoms with Crippen LogP contribution in [0.2, 0.25) is 0 Å². The summed E-state index contributed by atoms with van der Waals surface area (Å²) in [7, 11) is 0. The fourth-order valence-electron chi connectivity index (χ4n) is 2.38. The van der Waals surface area contributed by atoms with E-state index in [4.69, 9.17) is 10.5 Å². The number of fused-ring (bicyclic) bond motifs is 1. The van der Waals surface area contributed by atoms with E-state index in [1.807, 2.05) is 5.32 Å². The monoisotopic (exact) mass is 333 g/mol. The molecule has 1 aliphatic rings. The highest BCUT2D eigenvalue weighted by Crippen LogP contribution is 2.24. The van der Waals surface area contributed by atoms with Crippen LogP contribution in [0.1, 0.15) is 36.2 Å². The molecular weight excluding hydrogens is 314 g/mol. The molecule has 2 rings (SSSR count). The molecule has 8 nitrogen and oxygen atoms in total. The fourth-order valence-corrected chi connectivity index (χ4v) is 2.38. The lowest BCUT2D eigenvalue weighted by Crippen LogP contribution is -2.45. The third-order valence-electron chi connectivity index (χ3n) is 3.58. The van der Waals surface area contributed by atoms with Crippen LogP contribution >= 0.6 is 0 Å². The average Bonchev–Trinajstić information content (AvgIpc) is 2.50. The Morgan fingerprint density at radius 3 is 2.58 bits per heavy atom. The summed E-state index contributed by atoms with van der Waals surface area (Å²) < 4.78 is 5.23. The molecule has 4 amide bonds. The molecule has 1 atom stereocenters. The van der Waals surface area contributed by atoms with Crippen molar-refractivity contribution in [2.75, 3.05) is 5.32 Å². The van der Waals surface area contributed by atoms with Gasteiger partial charge in [-0.2, -0.15) is 0 Å². The number of esters is 1. The molecule has 1 aromatic carbocycles. The van der Waals surface area contributed by atoms with Gasteiger partial charge in [0.05, 0.1) is 5.56 Å². The normalized spacial score (nSPS) is 14.4. The van der Waals surface area contributed by atoms with Crippen LogP contribution in [-0.4, -0.2) is 29.9 Å². The lowest BCUT2D eigenvalue weighted by molar-refractivity contribution is -0.130. The van der Waals surface area contributed by atoms with E-state index in [2.05, 4.69) is 5.32 Å². The van der Waals surface area contributed by atoms with E-state index in [1.165, 1.54) is 6.07 Å². The van der Waals surface area contributed by atoms with E-state index >= 15 is 0 Å². The second kappa shape index (κ2) is 7.12.